The molecule has 0 aliphatic rings. The van der Waals surface area contributed by atoms with E-state index in [2.05, 4.69) is 6.92 Å². The van der Waals surface area contributed by atoms with Crippen LogP contribution in [-0.2, 0) is 20.7 Å². The van der Waals surface area contributed by atoms with Gasteiger partial charge in [-0.1, -0.05) is 31.5 Å². The van der Waals surface area contributed by atoms with Gasteiger partial charge in [0.1, 0.15) is 12.4 Å². The molecule has 0 aliphatic heterocycles. The minimum absolute atomic E-state index is 0.241. The summed E-state index contributed by atoms with van der Waals surface area (Å²) < 4.78 is 27.7. The lowest BCUT2D eigenvalue weighted by Crippen LogP contribution is -2.39. The molecule has 0 spiro atoms. The van der Waals surface area contributed by atoms with Crippen LogP contribution in [-0.4, -0.2) is 74.8 Å². The second-order valence-corrected chi connectivity index (χ2v) is 8.45. The first-order valence-electron chi connectivity index (χ1n) is 12.6. The molecule has 0 bridgehead atoms. The fraction of sp³-hybridized carbons (Fsp3) is 0.500. The Balaban J connectivity index is 1.96. The van der Waals surface area contributed by atoms with Gasteiger partial charge in [0.2, 0.25) is 0 Å². The summed E-state index contributed by atoms with van der Waals surface area (Å²) in [4.78, 5) is 25.8. The van der Waals surface area contributed by atoms with E-state index in [0.29, 0.717) is 43.6 Å². The Morgan fingerprint density at radius 2 is 1.70 bits per heavy atom. The first-order valence-corrected chi connectivity index (χ1v) is 12.6. The van der Waals surface area contributed by atoms with Gasteiger partial charge in [-0.2, -0.15) is 0 Å². The highest BCUT2D eigenvalue weighted by atomic mass is 16.6. The number of hydrogen-bond donors (Lipinski definition) is 1. The summed E-state index contributed by atoms with van der Waals surface area (Å²) in [5.41, 5.74) is 1.77. The lowest BCUT2D eigenvalue weighted by molar-refractivity contribution is -0.149. The van der Waals surface area contributed by atoms with Crippen molar-refractivity contribution in [3.8, 4) is 17.2 Å². The number of carbonyl (C=O) groups is 2. The van der Waals surface area contributed by atoms with Crippen molar-refractivity contribution in [1.29, 1.82) is 0 Å². The Labute approximate surface area is 219 Å². The number of methoxy groups -OCH3 is 1. The summed E-state index contributed by atoms with van der Waals surface area (Å²) in [6, 6.07) is 12.6. The van der Waals surface area contributed by atoms with Gasteiger partial charge in [-0.25, -0.2) is 9.59 Å². The Kier molecular flexibility index (Phi) is 13.3. The maximum Gasteiger partial charge on any atom is 0.415 e. The third kappa shape index (κ3) is 10.7. The number of amides is 1. The van der Waals surface area contributed by atoms with Gasteiger partial charge in [0.05, 0.1) is 20.3 Å². The quantitative estimate of drug-likeness (QED) is 0.300. The zero-order chi connectivity index (χ0) is 27.0. The predicted octanol–water partition coefficient (Wildman–Crippen LogP) is 4.73. The van der Waals surface area contributed by atoms with E-state index >= 15 is 0 Å². The monoisotopic (exact) mass is 517 g/mol. The van der Waals surface area contributed by atoms with E-state index in [0.717, 1.165) is 24.0 Å². The van der Waals surface area contributed by atoms with Crippen molar-refractivity contribution < 1.29 is 38.4 Å². The molecule has 1 amide bonds. The molecule has 9 heteroatoms. The second-order valence-electron chi connectivity index (χ2n) is 8.45. The smallest absolute Gasteiger partial charge is 0.415 e. The molecule has 1 unspecified atom stereocenters. The third-order valence-corrected chi connectivity index (χ3v) is 5.54. The van der Waals surface area contributed by atoms with Crippen LogP contribution in [0.5, 0.6) is 17.2 Å². The van der Waals surface area contributed by atoms with Crippen LogP contribution in [0.4, 0.5) is 4.79 Å². The standard InChI is InChI=1S/C28H39NO8/c1-5-7-16-34-17-14-29(28(32)37-25-19-21(3)8-13-24(25)33-4)15-18-36-23-11-9-22(10-12-23)20-26(27(30)31)35-6-2/h8-13,19,26H,5-7,14-18,20H2,1-4H3,(H,30,31). The molecule has 0 aromatic heterocycles. The second kappa shape index (κ2) is 16.4. The normalized spacial score (nSPS) is 11.6. The zero-order valence-electron chi connectivity index (χ0n) is 22.2. The van der Waals surface area contributed by atoms with Crippen LogP contribution >= 0.6 is 0 Å². The van der Waals surface area contributed by atoms with Crippen molar-refractivity contribution in [1.82, 2.24) is 4.90 Å². The average molecular weight is 518 g/mol. The number of ether oxygens (including phenoxy) is 5. The van der Waals surface area contributed by atoms with Crippen LogP contribution in [0.15, 0.2) is 42.5 Å². The van der Waals surface area contributed by atoms with E-state index in [4.69, 9.17) is 23.7 Å². The van der Waals surface area contributed by atoms with E-state index < -0.39 is 18.2 Å². The third-order valence-electron chi connectivity index (χ3n) is 5.54. The topological polar surface area (TPSA) is 104 Å². The molecule has 2 rings (SSSR count). The number of carboxylic acids is 1. The molecule has 0 aliphatic carbocycles. The van der Waals surface area contributed by atoms with Gasteiger partial charge >= 0.3 is 12.1 Å². The summed E-state index contributed by atoms with van der Waals surface area (Å²) in [7, 11) is 1.53. The van der Waals surface area contributed by atoms with E-state index in [1.165, 1.54) is 7.11 Å². The molecular formula is C28H39NO8. The van der Waals surface area contributed by atoms with Crippen LogP contribution < -0.4 is 14.2 Å². The van der Waals surface area contributed by atoms with Crippen LogP contribution in [0.3, 0.4) is 0 Å². The van der Waals surface area contributed by atoms with Crippen molar-refractivity contribution >= 4 is 12.1 Å². The maximum atomic E-state index is 13.0. The number of aliphatic carboxylic acids is 1. The molecule has 2 aromatic carbocycles. The number of hydrogen-bond acceptors (Lipinski definition) is 7. The largest absolute Gasteiger partial charge is 0.493 e. The lowest BCUT2D eigenvalue weighted by atomic mass is 10.1. The molecule has 0 heterocycles. The molecule has 1 atom stereocenters. The molecule has 0 saturated heterocycles. The summed E-state index contributed by atoms with van der Waals surface area (Å²) in [6.07, 6.45) is 0.861. The predicted molar refractivity (Wildman–Crippen MR) is 140 cm³/mol. The Bertz CT molecular complexity index is 963. The van der Waals surface area contributed by atoms with E-state index in [1.807, 2.05) is 25.1 Å². The fourth-order valence-electron chi connectivity index (χ4n) is 3.47. The Hall–Kier alpha value is -3.30. The van der Waals surface area contributed by atoms with E-state index in [9.17, 15) is 14.7 Å². The highest BCUT2D eigenvalue weighted by Gasteiger charge is 2.19. The van der Waals surface area contributed by atoms with Crippen molar-refractivity contribution in [3.63, 3.8) is 0 Å². The fourth-order valence-corrected chi connectivity index (χ4v) is 3.47. The number of nitrogens with zero attached hydrogens (tertiary/aromatic N) is 1. The number of aryl methyl sites for hydroxylation is 1. The summed E-state index contributed by atoms with van der Waals surface area (Å²) >= 11 is 0. The number of unbranched alkanes of at least 4 members (excludes halogenated alkanes) is 1. The van der Waals surface area contributed by atoms with Gasteiger partial charge < -0.3 is 33.7 Å². The molecule has 1 N–H and O–H groups in total. The SMILES string of the molecule is CCCCOCCN(CCOc1ccc(CC(OCC)C(=O)O)cc1)C(=O)Oc1cc(C)ccc1OC. The van der Waals surface area contributed by atoms with Crippen LogP contribution in [0.1, 0.15) is 37.8 Å². The number of rotatable bonds is 17. The number of carbonyl (C=O) groups excluding carboxylic acids is 1. The number of carboxylic acid groups (broad SMARTS) is 1. The lowest BCUT2D eigenvalue weighted by Gasteiger charge is -2.23. The van der Waals surface area contributed by atoms with Gasteiger partial charge in [-0.3, -0.25) is 0 Å². The molecule has 0 fully saturated rings. The van der Waals surface area contributed by atoms with Crippen molar-refractivity contribution in [2.24, 2.45) is 0 Å². The molecule has 37 heavy (non-hydrogen) atoms. The molecular weight excluding hydrogens is 478 g/mol. The van der Waals surface area contributed by atoms with Crippen molar-refractivity contribution in [2.75, 3.05) is 46.6 Å². The zero-order valence-corrected chi connectivity index (χ0v) is 22.2. The molecule has 9 nitrogen and oxygen atoms in total. The summed E-state index contributed by atoms with van der Waals surface area (Å²) in [5, 5.41) is 9.27. The van der Waals surface area contributed by atoms with E-state index in [1.54, 1.807) is 36.1 Å². The van der Waals surface area contributed by atoms with Crippen LogP contribution in [0, 0.1) is 6.92 Å². The molecule has 2 aromatic rings. The highest BCUT2D eigenvalue weighted by Crippen LogP contribution is 2.28. The Morgan fingerprint density at radius 3 is 2.35 bits per heavy atom. The molecule has 204 valence electrons. The molecule has 0 saturated carbocycles. The summed E-state index contributed by atoms with van der Waals surface area (Å²) in [5.74, 6) is 0.451. The van der Waals surface area contributed by atoms with Gasteiger partial charge in [0, 0.05) is 26.2 Å². The minimum atomic E-state index is -0.990. The average Bonchev–Trinajstić information content (AvgIpc) is 2.88. The van der Waals surface area contributed by atoms with Gasteiger partial charge in [-0.15, -0.1) is 0 Å². The molecule has 0 radical (unpaired) electrons. The van der Waals surface area contributed by atoms with E-state index in [-0.39, 0.29) is 19.6 Å². The van der Waals surface area contributed by atoms with Crippen LogP contribution in [0.2, 0.25) is 0 Å². The first-order chi connectivity index (χ1) is 17.9. The first kappa shape index (κ1) is 29.9. The highest BCUT2D eigenvalue weighted by molar-refractivity contribution is 5.73. The van der Waals surface area contributed by atoms with Gasteiger partial charge in [0.25, 0.3) is 0 Å². The summed E-state index contributed by atoms with van der Waals surface area (Å²) in [6.45, 7) is 8.01. The van der Waals surface area contributed by atoms with Crippen LogP contribution in [0.25, 0.3) is 0 Å². The van der Waals surface area contributed by atoms with Crippen molar-refractivity contribution in [2.45, 2.75) is 46.1 Å². The van der Waals surface area contributed by atoms with Crippen molar-refractivity contribution in [3.05, 3.63) is 53.6 Å². The maximum absolute atomic E-state index is 13.0. The van der Waals surface area contributed by atoms with Gasteiger partial charge in [0.15, 0.2) is 17.6 Å². The van der Waals surface area contributed by atoms with Gasteiger partial charge in [-0.05, 0) is 55.7 Å². The minimum Gasteiger partial charge on any atom is -0.493 e. The Morgan fingerprint density at radius 1 is 0.973 bits per heavy atom. The number of benzene rings is 2.